The van der Waals surface area contributed by atoms with Gasteiger partial charge in [0.1, 0.15) is 11.6 Å². The lowest BCUT2D eigenvalue weighted by molar-refractivity contribution is -0.143. The summed E-state index contributed by atoms with van der Waals surface area (Å²) in [5, 5.41) is 21.6. The largest absolute Gasteiger partial charge is 0.497 e. The van der Waals surface area contributed by atoms with Crippen LogP contribution in [0.15, 0.2) is 48.7 Å². The molecule has 0 saturated carbocycles. The van der Waals surface area contributed by atoms with Crippen LogP contribution in [0.1, 0.15) is 42.9 Å². The number of likely N-dealkylation sites (tertiary alicyclic amines) is 1. The van der Waals surface area contributed by atoms with Crippen molar-refractivity contribution in [1.82, 2.24) is 15.4 Å². The summed E-state index contributed by atoms with van der Waals surface area (Å²) in [6, 6.07) is 11.4. The second kappa shape index (κ2) is 11.9. The summed E-state index contributed by atoms with van der Waals surface area (Å²) in [6.07, 6.45) is 2.21. The molecule has 37 heavy (non-hydrogen) atoms. The summed E-state index contributed by atoms with van der Waals surface area (Å²) in [7, 11) is 1.56. The summed E-state index contributed by atoms with van der Waals surface area (Å²) in [5.74, 6) is 5.99. The lowest BCUT2D eigenvalue weighted by Crippen LogP contribution is -2.48. The standard InChI is InChI=1S/C28H29ClFN3O4/c1-37-21-8-9-24-22(17-21)26(23(29)18-31-24)25(34)10-11-28(27(35)32-36)12-15-33(16-13-28)14-2-3-19-4-6-20(30)7-5-19/h4-9,17-18,25,34,36H,10-16H2,1H3,(H,32,35)/t25-/m1/s1. The number of carbonyl (C=O) groups excluding carboxylic acids is 1. The van der Waals surface area contributed by atoms with E-state index in [9.17, 15) is 19.5 Å². The molecule has 4 rings (SSSR count). The minimum absolute atomic E-state index is 0.272. The molecular weight excluding hydrogens is 497 g/mol. The quantitative estimate of drug-likeness (QED) is 0.239. The number of pyridine rings is 1. The molecule has 0 radical (unpaired) electrons. The van der Waals surface area contributed by atoms with E-state index in [0.29, 0.717) is 66.1 Å². The Hall–Kier alpha value is -3.22. The second-order valence-corrected chi connectivity index (χ2v) is 9.67. The van der Waals surface area contributed by atoms with Crippen LogP contribution < -0.4 is 10.2 Å². The highest BCUT2D eigenvalue weighted by atomic mass is 35.5. The van der Waals surface area contributed by atoms with Gasteiger partial charge in [-0.05, 0) is 68.1 Å². The van der Waals surface area contributed by atoms with E-state index in [-0.39, 0.29) is 12.2 Å². The average molecular weight is 526 g/mol. The number of rotatable bonds is 7. The number of aliphatic hydroxyl groups excluding tert-OH is 1. The van der Waals surface area contributed by atoms with Crippen LogP contribution in [0.3, 0.4) is 0 Å². The number of aliphatic hydroxyl groups is 1. The van der Waals surface area contributed by atoms with E-state index < -0.39 is 17.4 Å². The first-order chi connectivity index (χ1) is 17.8. The third-order valence-corrected chi connectivity index (χ3v) is 7.37. The summed E-state index contributed by atoms with van der Waals surface area (Å²) in [4.78, 5) is 19.2. The zero-order valence-corrected chi connectivity index (χ0v) is 21.3. The molecule has 2 aromatic carbocycles. The molecule has 1 atom stereocenters. The van der Waals surface area contributed by atoms with E-state index in [4.69, 9.17) is 16.3 Å². The number of fused-ring (bicyclic) bond motifs is 1. The molecule has 1 fully saturated rings. The number of nitrogens with one attached hydrogen (secondary N) is 1. The highest BCUT2D eigenvalue weighted by Crippen LogP contribution is 2.41. The Morgan fingerprint density at radius 1 is 1.27 bits per heavy atom. The van der Waals surface area contributed by atoms with Crippen molar-refractivity contribution in [2.75, 3.05) is 26.7 Å². The van der Waals surface area contributed by atoms with Crippen LogP contribution in [0.25, 0.3) is 10.9 Å². The third-order valence-electron chi connectivity index (χ3n) is 7.07. The van der Waals surface area contributed by atoms with Crippen molar-refractivity contribution >= 4 is 28.4 Å². The first-order valence-electron chi connectivity index (χ1n) is 12.1. The normalized spacial score (nSPS) is 16.0. The molecule has 1 amide bonds. The van der Waals surface area contributed by atoms with Crippen molar-refractivity contribution in [1.29, 1.82) is 0 Å². The Kier molecular flexibility index (Phi) is 8.62. The molecule has 1 aliphatic rings. The molecule has 9 heteroatoms. The number of hydrogen-bond acceptors (Lipinski definition) is 6. The van der Waals surface area contributed by atoms with E-state index in [2.05, 4.69) is 21.7 Å². The van der Waals surface area contributed by atoms with Gasteiger partial charge in [0.05, 0.1) is 35.7 Å². The number of amides is 1. The van der Waals surface area contributed by atoms with E-state index in [1.807, 2.05) is 5.48 Å². The SMILES string of the molecule is COc1ccc2ncc(Cl)c([C@H](O)CCC3(C(=O)NO)CCN(CC#Cc4ccc(F)cc4)CC3)c2c1. The predicted molar refractivity (Wildman–Crippen MR) is 139 cm³/mol. The van der Waals surface area contributed by atoms with Gasteiger partial charge in [0.2, 0.25) is 5.91 Å². The van der Waals surface area contributed by atoms with E-state index in [0.717, 1.165) is 5.56 Å². The Bertz CT molecular complexity index is 1310. The second-order valence-electron chi connectivity index (χ2n) is 9.26. The first kappa shape index (κ1) is 26.8. The van der Waals surface area contributed by atoms with Crippen molar-refractivity contribution < 1.29 is 24.2 Å². The van der Waals surface area contributed by atoms with E-state index in [1.165, 1.54) is 18.3 Å². The van der Waals surface area contributed by atoms with Crippen LogP contribution in [0.2, 0.25) is 5.02 Å². The van der Waals surface area contributed by atoms with E-state index >= 15 is 0 Å². The lowest BCUT2D eigenvalue weighted by atomic mass is 9.73. The highest BCUT2D eigenvalue weighted by molar-refractivity contribution is 6.32. The lowest BCUT2D eigenvalue weighted by Gasteiger charge is -2.40. The molecule has 2 heterocycles. The van der Waals surface area contributed by atoms with Gasteiger partial charge in [-0.25, -0.2) is 9.87 Å². The van der Waals surface area contributed by atoms with Crippen LogP contribution in [-0.4, -0.2) is 52.8 Å². The van der Waals surface area contributed by atoms with Crippen LogP contribution in [-0.2, 0) is 4.79 Å². The topological polar surface area (TPSA) is 94.9 Å². The molecule has 3 aromatic rings. The van der Waals surface area contributed by atoms with Gasteiger partial charge in [0, 0.05) is 35.8 Å². The van der Waals surface area contributed by atoms with Crippen LogP contribution in [0.5, 0.6) is 5.75 Å². The maximum atomic E-state index is 13.1. The van der Waals surface area contributed by atoms with Gasteiger partial charge >= 0.3 is 0 Å². The number of ether oxygens (including phenoxy) is 1. The molecule has 3 N–H and O–H groups in total. The molecule has 194 valence electrons. The molecule has 0 unspecified atom stereocenters. The molecule has 0 aliphatic carbocycles. The average Bonchev–Trinajstić information content (AvgIpc) is 2.92. The van der Waals surface area contributed by atoms with Crippen molar-refractivity contribution in [3.8, 4) is 17.6 Å². The zero-order valence-electron chi connectivity index (χ0n) is 20.5. The number of nitrogens with zero attached hydrogens (tertiary/aromatic N) is 2. The first-order valence-corrected chi connectivity index (χ1v) is 12.4. The molecule has 0 spiro atoms. The highest BCUT2D eigenvalue weighted by Gasteiger charge is 2.41. The molecule has 1 saturated heterocycles. The van der Waals surface area contributed by atoms with Crippen molar-refractivity contribution in [3.63, 3.8) is 0 Å². The number of hydrogen-bond donors (Lipinski definition) is 3. The number of methoxy groups -OCH3 is 1. The van der Waals surface area contributed by atoms with Crippen molar-refractivity contribution in [2.24, 2.45) is 5.41 Å². The van der Waals surface area contributed by atoms with Gasteiger partial charge in [0.15, 0.2) is 0 Å². The summed E-state index contributed by atoms with van der Waals surface area (Å²) >= 11 is 6.44. The van der Waals surface area contributed by atoms with Crippen molar-refractivity contribution in [3.05, 3.63) is 70.6 Å². The van der Waals surface area contributed by atoms with Crippen LogP contribution >= 0.6 is 11.6 Å². The Balaban J connectivity index is 1.44. The molecule has 1 aromatic heterocycles. The van der Waals surface area contributed by atoms with Gasteiger partial charge in [-0.3, -0.25) is 19.9 Å². The number of carbonyl (C=O) groups is 1. The van der Waals surface area contributed by atoms with E-state index in [1.54, 1.807) is 37.4 Å². The minimum atomic E-state index is -0.937. The number of hydroxylamine groups is 1. The molecule has 0 bridgehead atoms. The molecular formula is C28H29ClFN3O4. The number of aromatic nitrogens is 1. The summed E-state index contributed by atoms with van der Waals surface area (Å²) in [6.45, 7) is 1.73. The predicted octanol–water partition coefficient (Wildman–Crippen LogP) is 4.49. The van der Waals surface area contributed by atoms with Gasteiger partial charge in [-0.15, -0.1) is 0 Å². The Morgan fingerprint density at radius 3 is 2.68 bits per heavy atom. The fraction of sp³-hybridized carbons (Fsp3) is 0.357. The zero-order chi connectivity index (χ0) is 26.4. The monoisotopic (exact) mass is 525 g/mol. The maximum absolute atomic E-state index is 13.1. The van der Waals surface area contributed by atoms with Crippen LogP contribution in [0, 0.1) is 23.1 Å². The summed E-state index contributed by atoms with van der Waals surface area (Å²) in [5.41, 5.74) is 2.95. The Labute approximate surface area is 220 Å². The number of benzene rings is 2. The molecule has 7 nitrogen and oxygen atoms in total. The van der Waals surface area contributed by atoms with Gasteiger partial charge in [0.25, 0.3) is 0 Å². The van der Waals surface area contributed by atoms with Gasteiger partial charge in [-0.1, -0.05) is 23.4 Å². The van der Waals surface area contributed by atoms with Gasteiger partial charge < -0.3 is 9.84 Å². The third kappa shape index (κ3) is 6.20. The smallest absolute Gasteiger partial charge is 0.249 e. The Morgan fingerprint density at radius 2 is 2.00 bits per heavy atom. The van der Waals surface area contributed by atoms with Crippen molar-refractivity contribution in [2.45, 2.75) is 31.8 Å². The maximum Gasteiger partial charge on any atom is 0.249 e. The fourth-order valence-electron chi connectivity index (χ4n) is 4.83. The number of piperidine rings is 1. The van der Waals surface area contributed by atoms with Crippen LogP contribution in [0.4, 0.5) is 4.39 Å². The number of halogens is 2. The fourth-order valence-corrected chi connectivity index (χ4v) is 5.10. The molecule has 1 aliphatic heterocycles. The minimum Gasteiger partial charge on any atom is -0.497 e. The summed E-state index contributed by atoms with van der Waals surface area (Å²) < 4.78 is 18.4. The van der Waals surface area contributed by atoms with Gasteiger partial charge in [-0.2, -0.15) is 0 Å².